The minimum absolute atomic E-state index is 0.0390. The molecule has 8 aromatic rings. The molecule has 10 rings (SSSR count). The fraction of sp³-hybridized carbons (Fsp3) is 0.403. The molecule has 4 aromatic heterocycles. The number of nitrogens with zero attached hydrogens (tertiary/aromatic N) is 8. The van der Waals surface area contributed by atoms with Gasteiger partial charge in [-0.15, -0.1) is 0 Å². The van der Waals surface area contributed by atoms with Crippen LogP contribution in [0.1, 0.15) is 131 Å². The van der Waals surface area contributed by atoms with Crippen molar-refractivity contribution in [3.8, 4) is 67.8 Å². The Morgan fingerprint density at radius 2 is 0.934 bits per heavy atom. The third kappa shape index (κ3) is 15.7. The van der Waals surface area contributed by atoms with Crippen molar-refractivity contribution in [3.63, 3.8) is 0 Å². The molecule has 6 heterocycles. The number of rotatable bonds is 21. The molecule has 0 fully saturated rings. The summed E-state index contributed by atoms with van der Waals surface area (Å²) in [6.07, 6.45) is 6.96. The van der Waals surface area contributed by atoms with Crippen molar-refractivity contribution >= 4 is 34.4 Å². The highest BCUT2D eigenvalue weighted by Crippen LogP contribution is 2.42. The molecule has 0 aliphatic carbocycles. The molecular weight excluding hydrogens is 1180 g/mol. The van der Waals surface area contributed by atoms with E-state index in [0.717, 1.165) is 67.0 Å². The average molecular weight is 1270 g/mol. The molecule has 17 nitrogen and oxygen atoms in total. The fourth-order valence-corrected chi connectivity index (χ4v) is 12.7. The molecule has 0 saturated heterocycles. The molecule has 4 aromatic carbocycles. The molecule has 480 valence electrons. The van der Waals surface area contributed by atoms with Gasteiger partial charge in [0.05, 0.1) is 26.3 Å². The maximum atomic E-state index is 14.0. The minimum Gasteiger partial charge on any atom is -0.508 e. The van der Waals surface area contributed by atoms with Gasteiger partial charge in [-0.3, -0.25) is 33.7 Å². The highest BCUT2D eigenvalue weighted by Gasteiger charge is 2.40. The number of fused-ring (bicyclic) bond motifs is 2. The molecule has 0 bridgehead atoms. The first-order valence-electron chi connectivity index (χ1n) is 31.6. The Morgan fingerprint density at radius 1 is 0.538 bits per heavy atom. The van der Waals surface area contributed by atoms with Crippen LogP contribution >= 0.6 is 0 Å². The van der Waals surface area contributed by atoms with Crippen LogP contribution in [-0.2, 0) is 39.9 Å². The third-order valence-electron chi connectivity index (χ3n) is 18.0. The van der Waals surface area contributed by atoms with Crippen LogP contribution in [0, 0.1) is 0 Å². The number of esters is 1. The van der Waals surface area contributed by atoms with Gasteiger partial charge in [0.15, 0.2) is 16.6 Å². The van der Waals surface area contributed by atoms with Crippen molar-refractivity contribution in [2.75, 3.05) is 39.4 Å². The summed E-state index contributed by atoms with van der Waals surface area (Å²) in [7, 11) is -3.85. The van der Waals surface area contributed by atoms with Gasteiger partial charge in [-0.25, -0.2) is 0 Å². The van der Waals surface area contributed by atoms with Gasteiger partial charge in [0, 0.05) is 80.1 Å². The molecule has 0 saturated carbocycles. The zero-order chi connectivity index (χ0) is 65.6. The van der Waals surface area contributed by atoms with E-state index in [0.29, 0.717) is 94.3 Å². The van der Waals surface area contributed by atoms with Crippen LogP contribution in [0.15, 0.2) is 134 Å². The smallest absolute Gasteiger partial charge is 0.308 e. The molecule has 0 atom stereocenters. The normalized spacial score (nSPS) is 13.7. The van der Waals surface area contributed by atoms with Crippen LogP contribution in [0.5, 0.6) is 23.0 Å². The lowest BCUT2D eigenvalue weighted by Gasteiger charge is -2.37. The van der Waals surface area contributed by atoms with Crippen molar-refractivity contribution in [3.05, 3.63) is 168 Å². The van der Waals surface area contributed by atoms with Crippen LogP contribution < -0.4 is 14.2 Å². The lowest BCUT2D eigenvalue weighted by Crippen LogP contribution is -2.46. The van der Waals surface area contributed by atoms with Crippen LogP contribution in [-0.4, -0.2) is 118 Å². The van der Waals surface area contributed by atoms with Crippen molar-refractivity contribution < 1.29 is 42.6 Å². The molecule has 1 N–H and O–H groups in total. The summed E-state index contributed by atoms with van der Waals surface area (Å²) < 4.78 is 34.2. The SMILES string of the molecule is CC(=O)Oc1cc(COc2ccc(-c3c(-c4ccncc4)nn4c3C(=O)N(CCO[Si](C)(C)C(C)(C)C)CC4)cc2)ccc1C(C)C.CC(C)c1ccc(COc2ccc(-c3c(-c4ccncc4)nn4c3C(=O)N(CCO[Si](C)(C)C(C)(C)C)CC4)cc2)cc1O. The van der Waals surface area contributed by atoms with Crippen molar-refractivity contribution in [1.82, 2.24) is 39.3 Å². The Morgan fingerprint density at radius 3 is 1.31 bits per heavy atom. The molecule has 2 aliphatic rings. The number of hydrogen-bond acceptors (Lipinski definition) is 13. The van der Waals surface area contributed by atoms with Crippen molar-refractivity contribution in [2.45, 2.75) is 151 Å². The summed E-state index contributed by atoms with van der Waals surface area (Å²) >= 11 is 0. The number of amides is 2. The van der Waals surface area contributed by atoms with Crippen molar-refractivity contribution in [1.29, 1.82) is 0 Å². The Hall–Kier alpha value is -8.24. The summed E-state index contributed by atoms with van der Waals surface area (Å²) in [4.78, 5) is 51.8. The number of pyridine rings is 2. The first-order valence-corrected chi connectivity index (χ1v) is 37.4. The lowest BCUT2D eigenvalue weighted by molar-refractivity contribution is -0.131. The Labute approximate surface area is 539 Å². The zero-order valence-electron chi connectivity index (χ0n) is 55.7. The quantitative estimate of drug-likeness (QED) is 0.0407. The van der Waals surface area contributed by atoms with Crippen molar-refractivity contribution in [2.24, 2.45) is 0 Å². The van der Waals surface area contributed by atoms with Crippen LogP contribution in [0.4, 0.5) is 0 Å². The standard InChI is InChI=1S/C37H46N4O5Si.C35H44N4O4Si/c1-25(2)31-14-9-27(23-32(31)46-26(3)42)24-44-30-12-10-28(11-13-30)33-34(29-15-17-38-18-16-29)39-41-20-19-40(36(43)35(33)41)21-22-45-47(7,8)37(4,5)6;1-24(2)29-13-8-25(22-30(29)40)23-42-28-11-9-26(10-12-28)31-32(27-14-16-36-17-15-27)37-39-19-18-38(34(41)33(31)39)20-21-43-44(6,7)35(3,4)5/h9-18,23,25H,19-22,24H2,1-8H3;8-17,22,24,40H,18-21,23H2,1-7H3. The van der Waals surface area contributed by atoms with E-state index in [1.54, 1.807) is 30.9 Å². The van der Waals surface area contributed by atoms with Gasteiger partial charge in [0.1, 0.15) is 59.0 Å². The van der Waals surface area contributed by atoms with Gasteiger partial charge in [-0.05, 0) is 142 Å². The van der Waals surface area contributed by atoms with E-state index in [2.05, 4.69) is 105 Å². The second-order valence-corrected chi connectivity index (χ2v) is 36.8. The van der Waals surface area contributed by atoms with E-state index in [-0.39, 0.29) is 45.4 Å². The number of aromatic nitrogens is 6. The largest absolute Gasteiger partial charge is 0.508 e. The first kappa shape index (κ1) is 67.2. The highest BCUT2D eigenvalue weighted by atomic mass is 28.4. The van der Waals surface area contributed by atoms with E-state index in [9.17, 15) is 19.5 Å². The summed E-state index contributed by atoms with van der Waals surface area (Å²) in [5.41, 5.74) is 11.5. The fourth-order valence-electron chi connectivity index (χ4n) is 10.6. The van der Waals surface area contributed by atoms with Gasteiger partial charge in [0.25, 0.3) is 11.8 Å². The zero-order valence-corrected chi connectivity index (χ0v) is 57.7. The Balaban J connectivity index is 0.000000216. The maximum Gasteiger partial charge on any atom is 0.308 e. The maximum absolute atomic E-state index is 14.0. The third-order valence-corrected chi connectivity index (χ3v) is 27.1. The number of phenols is 1. The summed E-state index contributed by atoms with van der Waals surface area (Å²) in [6.45, 7) is 37.0. The molecule has 19 heteroatoms. The number of hydrogen-bond donors (Lipinski definition) is 1. The Bertz CT molecular complexity index is 3830. The molecule has 0 radical (unpaired) electrons. The molecular formula is C72H90N8O9Si2. The molecule has 0 unspecified atom stereocenters. The number of phenolic OH excluding ortho intramolecular Hbond substituents is 1. The monoisotopic (exact) mass is 1270 g/mol. The average Bonchev–Trinajstić information content (AvgIpc) is 1.62. The van der Waals surface area contributed by atoms with E-state index >= 15 is 0 Å². The van der Waals surface area contributed by atoms with Crippen LogP contribution in [0.2, 0.25) is 36.3 Å². The van der Waals surface area contributed by atoms with E-state index in [1.165, 1.54) is 6.92 Å². The number of benzene rings is 4. The topological polar surface area (TPSA) is 185 Å². The molecule has 2 aliphatic heterocycles. The van der Waals surface area contributed by atoms with Gasteiger partial charge in [0.2, 0.25) is 0 Å². The number of carbonyl (C=O) groups is 3. The highest BCUT2D eigenvalue weighted by molar-refractivity contribution is 6.74. The van der Waals surface area contributed by atoms with Gasteiger partial charge >= 0.3 is 5.97 Å². The predicted octanol–water partition coefficient (Wildman–Crippen LogP) is 15.2. The molecule has 91 heavy (non-hydrogen) atoms. The Kier molecular flexibility index (Phi) is 20.7. The van der Waals surface area contributed by atoms with Gasteiger partial charge in [-0.2, -0.15) is 10.2 Å². The van der Waals surface area contributed by atoms with Gasteiger partial charge in [-0.1, -0.05) is 118 Å². The van der Waals surface area contributed by atoms with E-state index in [1.807, 2.05) is 122 Å². The predicted molar refractivity (Wildman–Crippen MR) is 363 cm³/mol. The van der Waals surface area contributed by atoms with E-state index in [4.69, 9.17) is 33.3 Å². The second-order valence-electron chi connectivity index (χ2n) is 27.2. The van der Waals surface area contributed by atoms with E-state index < -0.39 is 16.6 Å². The molecule has 2 amide bonds. The van der Waals surface area contributed by atoms with Crippen LogP contribution in [0.3, 0.4) is 0 Å². The summed E-state index contributed by atoms with van der Waals surface area (Å²) in [5.74, 6) is 2.25. The minimum atomic E-state index is -1.93. The van der Waals surface area contributed by atoms with Gasteiger partial charge < -0.3 is 38.0 Å². The molecule has 0 spiro atoms. The number of carbonyl (C=O) groups excluding carboxylic acids is 3. The number of ether oxygens (including phenoxy) is 3. The summed E-state index contributed by atoms with van der Waals surface area (Å²) in [5, 5.41) is 20.4. The lowest BCUT2D eigenvalue weighted by atomic mass is 9.98. The van der Waals surface area contributed by atoms with Crippen LogP contribution in [0.25, 0.3) is 44.8 Å². The summed E-state index contributed by atoms with van der Waals surface area (Å²) in [6, 6.07) is 34.7. The first-order chi connectivity index (χ1) is 43.1. The number of aromatic hydroxyl groups is 1. The second kappa shape index (κ2) is 28.1.